The molecule has 0 spiro atoms. The van der Waals surface area contributed by atoms with Crippen LogP contribution in [0.4, 0.5) is 0 Å². The second-order valence-electron chi connectivity index (χ2n) is 6.17. The molecular weight excluding hydrogens is 278 g/mol. The van der Waals surface area contributed by atoms with Gasteiger partial charge in [-0.2, -0.15) is 0 Å². The number of H-pyrrole nitrogens is 1. The molecule has 1 amide bonds. The first-order valence-corrected chi connectivity index (χ1v) is 7.71. The van der Waals surface area contributed by atoms with Gasteiger partial charge in [-0.15, -0.1) is 0 Å². The molecule has 1 aromatic carbocycles. The number of hydrogen-bond acceptors (Lipinski definition) is 3. The fourth-order valence-corrected chi connectivity index (χ4v) is 3.64. The van der Waals surface area contributed by atoms with Crippen molar-refractivity contribution in [2.75, 3.05) is 7.11 Å². The number of fused-ring (bicyclic) bond motifs is 3. The molecule has 0 saturated heterocycles. The molecule has 0 unspecified atom stereocenters. The summed E-state index contributed by atoms with van der Waals surface area (Å²) in [4.78, 5) is 20.0. The van der Waals surface area contributed by atoms with Crippen molar-refractivity contribution in [3.8, 4) is 5.75 Å². The van der Waals surface area contributed by atoms with Gasteiger partial charge in [0.05, 0.1) is 24.7 Å². The van der Waals surface area contributed by atoms with Gasteiger partial charge in [0, 0.05) is 12.0 Å². The van der Waals surface area contributed by atoms with E-state index in [-0.39, 0.29) is 11.8 Å². The first-order valence-electron chi connectivity index (χ1n) is 7.71. The van der Waals surface area contributed by atoms with Crippen molar-refractivity contribution in [1.29, 1.82) is 0 Å². The molecule has 22 heavy (non-hydrogen) atoms. The molecule has 1 saturated carbocycles. The number of allylic oxidation sites excluding steroid dienone is 2. The van der Waals surface area contributed by atoms with Crippen LogP contribution in [0, 0.1) is 17.8 Å². The van der Waals surface area contributed by atoms with Gasteiger partial charge >= 0.3 is 0 Å². The molecule has 2 bridgehead atoms. The number of ether oxygens (including phenoxy) is 1. The third-order valence-electron chi connectivity index (χ3n) is 4.78. The standard InChI is InChI=1S/C17H19N3O2/c1-22-12-4-5-14-15(8-12)20-16(19-14)9-18-17(21)13-7-10-2-3-11(13)6-10/h2-5,8,10-11,13H,6-7,9H2,1H3,(H,18,21)(H,19,20)/t10-,11+,13+/m1/s1. The molecule has 2 aliphatic carbocycles. The molecule has 4 rings (SSSR count). The molecule has 0 radical (unpaired) electrons. The van der Waals surface area contributed by atoms with Crippen LogP contribution in [0.15, 0.2) is 30.4 Å². The van der Waals surface area contributed by atoms with Crippen LogP contribution in [0.2, 0.25) is 0 Å². The second kappa shape index (κ2) is 5.16. The molecule has 0 aliphatic heterocycles. The number of nitrogens with one attached hydrogen (secondary N) is 2. The lowest BCUT2D eigenvalue weighted by Crippen LogP contribution is -2.32. The van der Waals surface area contributed by atoms with E-state index in [0.717, 1.165) is 35.4 Å². The summed E-state index contributed by atoms with van der Waals surface area (Å²) in [6.07, 6.45) is 6.58. The topological polar surface area (TPSA) is 67.0 Å². The van der Waals surface area contributed by atoms with E-state index in [4.69, 9.17) is 4.74 Å². The summed E-state index contributed by atoms with van der Waals surface area (Å²) in [6.45, 7) is 0.438. The van der Waals surface area contributed by atoms with E-state index in [0.29, 0.717) is 18.4 Å². The predicted molar refractivity (Wildman–Crippen MR) is 83.3 cm³/mol. The number of imidazole rings is 1. The van der Waals surface area contributed by atoms with Crippen LogP contribution in [0.5, 0.6) is 5.75 Å². The summed E-state index contributed by atoms with van der Waals surface area (Å²) in [5.74, 6) is 2.90. The highest BCUT2D eigenvalue weighted by Gasteiger charge is 2.39. The van der Waals surface area contributed by atoms with Crippen molar-refractivity contribution in [3.63, 3.8) is 0 Å². The fraction of sp³-hybridized carbons (Fsp3) is 0.412. The van der Waals surface area contributed by atoms with Crippen LogP contribution in [0.3, 0.4) is 0 Å². The van der Waals surface area contributed by atoms with E-state index in [1.54, 1.807) is 7.11 Å². The first kappa shape index (κ1) is 13.4. The molecule has 2 aliphatic rings. The number of carbonyl (C=O) groups excluding carboxylic acids is 1. The van der Waals surface area contributed by atoms with Gasteiger partial charge in [0.15, 0.2) is 0 Å². The van der Waals surface area contributed by atoms with Crippen LogP contribution >= 0.6 is 0 Å². The molecular formula is C17H19N3O2. The smallest absolute Gasteiger partial charge is 0.224 e. The van der Waals surface area contributed by atoms with Crippen LogP contribution in [0.25, 0.3) is 11.0 Å². The summed E-state index contributed by atoms with van der Waals surface area (Å²) in [6, 6.07) is 5.71. The van der Waals surface area contributed by atoms with Gasteiger partial charge in [0.25, 0.3) is 0 Å². The molecule has 5 heteroatoms. The van der Waals surface area contributed by atoms with Crippen LogP contribution < -0.4 is 10.1 Å². The number of carbonyl (C=O) groups is 1. The minimum atomic E-state index is 0.138. The van der Waals surface area contributed by atoms with E-state index < -0.39 is 0 Å². The van der Waals surface area contributed by atoms with Crippen molar-refractivity contribution in [1.82, 2.24) is 15.3 Å². The summed E-state index contributed by atoms with van der Waals surface area (Å²) >= 11 is 0. The normalized spacial score (nSPS) is 25.8. The van der Waals surface area contributed by atoms with Crippen molar-refractivity contribution >= 4 is 16.9 Å². The minimum absolute atomic E-state index is 0.138. The summed E-state index contributed by atoms with van der Waals surface area (Å²) in [5.41, 5.74) is 1.80. The van der Waals surface area contributed by atoms with Crippen molar-refractivity contribution in [2.45, 2.75) is 19.4 Å². The Hall–Kier alpha value is -2.30. The highest BCUT2D eigenvalue weighted by Crippen LogP contribution is 2.43. The Labute approximate surface area is 128 Å². The molecule has 2 aromatic rings. The molecule has 2 N–H and O–H groups in total. The summed E-state index contributed by atoms with van der Waals surface area (Å²) < 4.78 is 5.20. The van der Waals surface area contributed by atoms with Gasteiger partial charge in [-0.1, -0.05) is 12.2 Å². The Morgan fingerprint density at radius 2 is 2.32 bits per heavy atom. The van der Waals surface area contributed by atoms with Crippen LogP contribution in [-0.4, -0.2) is 23.0 Å². The van der Waals surface area contributed by atoms with Crippen molar-refractivity contribution in [2.24, 2.45) is 17.8 Å². The zero-order valence-corrected chi connectivity index (χ0v) is 12.5. The van der Waals surface area contributed by atoms with E-state index >= 15 is 0 Å². The molecule has 1 fully saturated rings. The van der Waals surface area contributed by atoms with E-state index in [1.165, 1.54) is 0 Å². The van der Waals surface area contributed by atoms with Gasteiger partial charge in [-0.25, -0.2) is 4.98 Å². The molecule has 1 aromatic heterocycles. The number of rotatable bonds is 4. The van der Waals surface area contributed by atoms with Crippen molar-refractivity contribution < 1.29 is 9.53 Å². The third kappa shape index (κ3) is 2.26. The average Bonchev–Trinajstić information content (AvgIpc) is 3.25. The Balaban J connectivity index is 1.43. The molecule has 1 heterocycles. The van der Waals surface area contributed by atoms with Crippen LogP contribution in [-0.2, 0) is 11.3 Å². The number of aromatic nitrogens is 2. The lowest BCUT2D eigenvalue weighted by molar-refractivity contribution is -0.125. The van der Waals surface area contributed by atoms with Gasteiger partial charge in [0.1, 0.15) is 11.6 Å². The number of benzene rings is 1. The zero-order chi connectivity index (χ0) is 15.1. The maximum absolute atomic E-state index is 12.3. The fourth-order valence-electron chi connectivity index (χ4n) is 3.64. The van der Waals surface area contributed by atoms with Crippen LogP contribution in [0.1, 0.15) is 18.7 Å². The van der Waals surface area contributed by atoms with Crippen molar-refractivity contribution in [3.05, 3.63) is 36.2 Å². The lowest BCUT2D eigenvalue weighted by Gasteiger charge is -2.16. The Bertz CT molecular complexity index is 749. The summed E-state index contributed by atoms with van der Waals surface area (Å²) in [5, 5.41) is 3.02. The van der Waals surface area contributed by atoms with Gasteiger partial charge in [0.2, 0.25) is 5.91 Å². The highest BCUT2D eigenvalue weighted by molar-refractivity contribution is 5.80. The number of amides is 1. The van der Waals surface area contributed by atoms with E-state index in [2.05, 4.69) is 27.4 Å². The first-order chi connectivity index (χ1) is 10.7. The summed E-state index contributed by atoms with van der Waals surface area (Å²) in [7, 11) is 1.64. The minimum Gasteiger partial charge on any atom is -0.497 e. The predicted octanol–water partition coefficient (Wildman–Crippen LogP) is 2.40. The number of methoxy groups -OCH3 is 1. The highest BCUT2D eigenvalue weighted by atomic mass is 16.5. The Kier molecular flexibility index (Phi) is 3.13. The second-order valence-corrected chi connectivity index (χ2v) is 6.17. The van der Waals surface area contributed by atoms with Gasteiger partial charge in [-0.3, -0.25) is 4.79 Å². The van der Waals surface area contributed by atoms with Gasteiger partial charge < -0.3 is 15.0 Å². The lowest BCUT2D eigenvalue weighted by atomic mass is 9.93. The Morgan fingerprint density at radius 3 is 3.05 bits per heavy atom. The number of hydrogen-bond donors (Lipinski definition) is 2. The quantitative estimate of drug-likeness (QED) is 0.852. The van der Waals surface area contributed by atoms with Gasteiger partial charge in [-0.05, 0) is 36.8 Å². The number of nitrogens with zero attached hydrogens (tertiary/aromatic N) is 1. The largest absolute Gasteiger partial charge is 0.497 e. The monoisotopic (exact) mass is 297 g/mol. The zero-order valence-electron chi connectivity index (χ0n) is 12.5. The van der Waals surface area contributed by atoms with E-state index in [1.807, 2.05) is 18.2 Å². The molecule has 114 valence electrons. The number of aromatic amines is 1. The SMILES string of the molecule is COc1ccc2nc(CNC(=O)[C@H]3C[C@@H]4C=C[C@H]3C4)[nH]c2c1. The average molecular weight is 297 g/mol. The van der Waals surface area contributed by atoms with E-state index in [9.17, 15) is 4.79 Å². The Morgan fingerprint density at radius 1 is 1.41 bits per heavy atom. The molecule has 5 nitrogen and oxygen atoms in total. The maximum Gasteiger partial charge on any atom is 0.224 e. The third-order valence-corrected chi connectivity index (χ3v) is 4.78. The molecule has 3 atom stereocenters. The maximum atomic E-state index is 12.3.